The minimum Gasteiger partial charge on any atom is -0.361 e. The average molecular weight is 278 g/mol. The van der Waals surface area contributed by atoms with Crippen LogP contribution in [0.1, 0.15) is 27.9 Å². The van der Waals surface area contributed by atoms with Gasteiger partial charge in [-0.1, -0.05) is 48.5 Å². The van der Waals surface area contributed by atoms with E-state index in [0.29, 0.717) is 17.5 Å². The summed E-state index contributed by atoms with van der Waals surface area (Å²) in [7, 11) is 0. The summed E-state index contributed by atoms with van der Waals surface area (Å²) in [5, 5.41) is 0. The minimum absolute atomic E-state index is 0.0410. The number of nitrogens with zero attached hydrogens (tertiary/aromatic N) is 2. The zero-order valence-electron chi connectivity index (χ0n) is 11.4. The third-order valence-electron chi connectivity index (χ3n) is 3.09. The Morgan fingerprint density at radius 2 is 1.71 bits per heavy atom. The van der Waals surface area contributed by atoms with Gasteiger partial charge in [0.15, 0.2) is 5.78 Å². The highest BCUT2D eigenvalue weighted by atomic mass is 16.1. The van der Waals surface area contributed by atoms with E-state index < -0.39 is 0 Å². The van der Waals surface area contributed by atoms with Crippen molar-refractivity contribution in [1.82, 2.24) is 0 Å². The molecular formula is C17H14N2O2. The highest BCUT2D eigenvalue weighted by molar-refractivity contribution is 6.25. The van der Waals surface area contributed by atoms with Crippen molar-refractivity contribution in [1.29, 1.82) is 0 Å². The molecule has 0 aliphatic rings. The highest BCUT2D eigenvalue weighted by Crippen LogP contribution is 2.13. The predicted molar refractivity (Wildman–Crippen MR) is 79.3 cm³/mol. The van der Waals surface area contributed by atoms with Crippen LogP contribution in [-0.4, -0.2) is 22.6 Å². The van der Waals surface area contributed by atoms with Gasteiger partial charge in [0.1, 0.15) is 0 Å². The van der Waals surface area contributed by atoms with Gasteiger partial charge < -0.3 is 5.53 Å². The summed E-state index contributed by atoms with van der Waals surface area (Å²) in [5.41, 5.74) is 10.4. The van der Waals surface area contributed by atoms with Crippen molar-refractivity contribution in [3.63, 3.8) is 0 Å². The predicted octanol–water partition coefficient (Wildman–Crippen LogP) is 2.72. The lowest BCUT2D eigenvalue weighted by molar-refractivity contribution is -0.116. The van der Waals surface area contributed by atoms with Gasteiger partial charge in [-0.05, 0) is 18.1 Å². The third kappa shape index (κ3) is 4.06. The first-order chi connectivity index (χ1) is 10.2. The number of Topliss-reactive ketones (excluding diaryl/α,β-unsaturated/α-hetero) is 1. The summed E-state index contributed by atoms with van der Waals surface area (Å²) in [6.45, 7) is 0. The molecule has 2 aromatic rings. The molecule has 2 rings (SSSR count). The van der Waals surface area contributed by atoms with Crippen LogP contribution in [0.15, 0.2) is 54.6 Å². The van der Waals surface area contributed by atoms with Crippen LogP contribution >= 0.6 is 0 Å². The SMILES string of the molecule is [N-]=[N+]=CC(=O)CCc1cccc(C(=O)c2ccccc2)c1. The van der Waals surface area contributed by atoms with Crippen LogP contribution in [0, 0.1) is 0 Å². The first kappa shape index (κ1) is 14.6. The van der Waals surface area contributed by atoms with Gasteiger partial charge in [0.2, 0.25) is 5.78 Å². The Kier molecular flexibility index (Phi) is 4.91. The molecular weight excluding hydrogens is 264 g/mol. The van der Waals surface area contributed by atoms with Gasteiger partial charge in [-0.15, -0.1) is 0 Å². The molecule has 0 spiro atoms. The van der Waals surface area contributed by atoms with E-state index in [1.165, 1.54) is 0 Å². The topological polar surface area (TPSA) is 70.5 Å². The standard InChI is InChI=1S/C17H14N2O2/c18-19-12-16(20)10-9-13-5-4-8-15(11-13)17(21)14-6-2-1-3-7-14/h1-8,11-12H,9-10H2. The number of rotatable bonds is 6. The van der Waals surface area contributed by atoms with E-state index in [-0.39, 0.29) is 18.0 Å². The van der Waals surface area contributed by atoms with Crippen molar-refractivity contribution in [2.24, 2.45) is 0 Å². The minimum atomic E-state index is -0.253. The Bertz CT molecular complexity index is 702. The quantitative estimate of drug-likeness (QED) is 0.353. The number of aryl methyl sites for hydroxylation is 1. The van der Waals surface area contributed by atoms with Crippen LogP contribution < -0.4 is 0 Å². The molecule has 0 amide bonds. The summed E-state index contributed by atoms with van der Waals surface area (Å²) >= 11 is 0. The van der Waals surface area contributed by atoms with Crippen LogP contribution in [0.4, 0.5) is 0 Å². The first-order valence-electron chi connectivity index (χ1n) is 6.59. The lowest BCUT2D eigenvalue weighted by Crippen LogP contribution is -2.04. The zero-order chi connectivity index (χ0) is 15.1. The number of benzene rings is 2. The van der Waals surface area contributed by atoms with E-state index in [4.69, 9.17) is 5.53 Å². The summed E-state index contributed by atoms with van der Waals surface area (Å²) in [5.74, 6) is -0.294. The number of hydrogen-bond acceptors (Lipinski definition) is 2. The van der Waals surface area contributed by atoms with Crippen molar-refractivity contribution in [3.8, 4) is 0 Å². The Morgan fingerprint density at radius 3 is 2.43 bits per heavy atom. The smallest absolute Gasteiger partial charge is 0.323 e. The Morgan fingerprint density at radius 1 is 1.00 bits per heavy atom. The van der Waals surface area contributed by atoms with E-state index >= 15 is 0 Å². The first-order valence-corrected chi connectivity index (χ1v) is 6.59. The van der Waals surface area contributed by atoms with Crippen LogP contribution in [-0.2, 0) is 11.2 Å². The van der Waals surface area contributed by atoms with Crippen LogP contribution in [0.3, 0.4) is 0 Å². The van der Waals surface area contributed by atoms with Gasteiger partial charge >= 0.3 is 6.21 Å². The maximum atomic E-state index is 12.3. The maximum absolute atomic E-state index is 12.3. The summed E-state index contributed by atoms with van der Waals surface area (Å²) in [4.78, 5) is 26.3. The lowest BCUT2D eigenvalue weighted by Gasteiger charge is -2.04. The van der Waals surface area contributed by atoms with Gasteiger partial charge in [0.25, 0.3) is 0 Å². The largest absolute Gasteiger partial charge is 0.361 e. The van der Waals surface area contributed by atoms with E-state index in [1.807, 2.05) is 24.3 Å². The second-order valence-corrected chi connectivity index (χ2v) is 4.61. The number of hydrogen-bond donors (Lipinski definition) is 0. The molecule has 0 unspecified atom stereocenters. The highest BCUT2D eigenvalue weighted by Gasteiger charge is 2.10. The fraction of sp³-hybridized carbons (Fsp3) is 0.118. The lowest BCUT2D eigenvalue weighted by atomic mass is 9.99. The number of carbonyl (C=O) groups excluding carboxylic acids is 2. The molecule has 0 aliphatic heterocycles. The van der Waals surface area contributed by atoms with Gasteiger partial charge in [-0.25, -0.2) is 0 Å². The second kappa shape index (κ2) is 7.08. The molecule has 0 N–H and O–H groups in total. The Hall–Kier alpha value is -2.84. The normalized spacial score (nSPS) is 9.71. The van der Waals surface area contributed by atoms with Crippen molar-refractivity contribution >= 4 is 17.8 Å². The fourth-order valence-corrected chi connectivity index (χ4v) is 2.02. The maximum Gasteiger partial charge on any atom is 0.323 e. The molecule has 0 saturated carbocycles. The number of carbonyl (C=O) groups is 2. The second-order valence-electron chi connectivity index (χ2n) is 4.61. The summed E-state index contributed by atoms with van der Waals surface area (Å²) < 4.78 is 0. The molecule has 0 saturated heterocycles. The van der Waals surface area contributed by atoms with Crippen molar-refractivity contribution in [2.45, 2.75) is 12.8 Å². The Labute approximate surface area is 122 Å². The van der Waals surface area contributed by atoms with Crippen molar-refractivity contribution in [3.05, 3.63) is 76.8 Å². The average Bonchev–Trinajstić information content (AvgIpc) is 2.54. The van der Waals surface area contributed by atoms with E-state index in [9.17, 15) is 9.59 Å². The summed E-state index contributed by atoms with van der Waals surface area (Å²) in [6, 6.07) is 16.3. The molecule has 0 aliphatic carbocycles. The Balaban J connectivity index is 2.12. The van der Waals surface area contributed by atoms with E-state index in [1.54, 1.807) is 30.3 Å². The zero-order valence-corrected chi connectivity index (χ0v) is 11.4. The van der Waals surface area contributed by atoms with E-state index in [0.717, 1.165) is 11.8 Å². The van der Waals surface area contributed by atoms with Crippen LogP contribution in [0.5, 0.6) is 0 Å². The molecule has 0 bridgehead atoms. The molecule has 2 aromatic carbocycles. The third-order valence-corrected chi connectivity index (χ3v) is 3.09. The fourth-order valence-electron chi connectivity index (χ4n) is 2.02. The van der Waals surface area contributed by atoms with Crippen molar-refractivity contribution < 1.29 is 14.4 Å². The van der Waals surface area contributed by atoms with E-state index in [2.05, 4.69) is 4.79 Å². The van der Waals surface area contributed by atoms with Gasteiger partial charge in [0.05, 0.1) is 0 Å². The molecule has 0 radical (unpaired) electrons. The molecule has 4 nitrogen and oxygen atoms in total. The molecule has 0 fully saturated rings. The number of ketones is 2. The van der Waals surface area contributed by atoms with Gasteiger partial charge in [-0.3, -0.25) is 9.59 Å². The monoisotopic (exact) mass is 278 g/mol. The summed E-state index contributed by atoms with van der Waals surface area (Å²) in [6.07, 6.45) is 1.63. The molecule has 0 atom stereocenters. The van der Waals surface area contributed by atoms with Crippen molar-refractivity contribution in [2.75, 3.05) is 0 Å². The molecule has 0 heterocycles. The van der Waals surface area contributed by atoms with Crippen LogP contribution in [0.25, 0.3) is 5.53 Å². The van der Waals surface area contributed by atoms with Crippen LogP contribution in [0.2, 0.25) is 0 Å². The molecule has 4 heteroatoms. The van der Waals surface area contributed by atoms with Gasteiger partial charge in [0, 0.05) is 17.5 Å². The molecule has 0 aromatic heterocycles. The molecule has 104 valence electrons. The van der Waals surface area contributed by atoms with Gasteiger partial charge in [-0.2, -0.15) is 4.79 Å². The molecule has 21 heavy (non-hydrogen) atoms.